The van der Waals surface area contributed by atoms with Gasteiger partial charge < -0.3 is 5.73 Å². The minimum atomic E-state index is -0.0466. The maximum absolute atomic E-state index is 6.23. The summed E-state index contributed by atoms with van der Waals surface area (Å²) in [7, 11) is 2.01. The topological polar surface area (TPSA) is 43.8 Å². The van der Waals surface area contributed by atoms with Crippen molar-refractivity contribution >= 4 is 10.9 Å². The molecule has 1 saturated carbocycles. The number of aryl methyl sites for hydroxylation is 2. The molecule has 1 aliphatic rings. The first-order valence-corrected chi connectivity index (χ1v) is 5.89. The lowest BCUT2D eigenvalue weighted by molar-refractivity contribution is 0.728. The minimum Gasteiger partial charge on any atom is -0.321 e. The standard InChI is InChI=1S/C13H17N3/c1-3-12-10-8-9(13(14)6-7-13)4-5-11(10)15-16(12)2/h4-5,8H,3,6-7,14H2,1-2H3. The van der Waals surface area contributed by atoms with Gasteiger partial charge in [0.15, 0.2) is 0 Å². The van der Waals surface area contributed by atoms with Crippen LogP contribution in [0.3, 0.4) is 0 Å². The van der Waals surface area contributed by atoms with E-state index in [-0.39, 0.29) is 5.54 Å². The molecule has 0 saturated heterocycles. The van der Waals surface area contributed by atoms with Crippen molar-refractivity contribution in [3.05, 3.63) is 29.5 Å². The Kier molecular flexibility index (Phi) is 1.89. The average Bonchev–Trinajstić information content (AvgIpc) is 2.93. The Morgan fingerprint density at radius 3 is 2.81 bits per heavy atom. The van der Waals surface area contributed by atoms with Crippen molar-refractivity contribution in [2.24, 2.45) is 12.8 Å². The molecule has 0 spiro atoms. The van der Waals surface area contributed by atoms with Gasteiger partial charge in [0.2, 0.25) is 0 Å². The fourth-order valence-electron chi connectivity index (χ4n) is 2.40. The van der Waals surface area contributed by atoms with Crippen LogP contribution >= 0.6 is 0 Å². The molecule has 1 fully saturated rings. The first-order valence-electron chi connectivity index (χ1n) is 5.89. The SMILES string of the molecule is CCc1c2cc(C3(N)CC3)ccc2nn1C. The zero-order valence-corrected chi connectivity index (χ0v) is 9.83. The summed E-state index contributed by atoms with van der Waals surface area (Å²) in [4.78, 5) is 0. The minimum absolute atomic E-state index is 0.0466. The van der Waals surface area contributed by atoms with E-state index in [0.29, 0.717) is 0 Å². The van der Waals surface area contributed by atoms with Gasteiger partial charge in [-0.15, -0.1) is 0 Å². The average molecular weight is 215 g/mol. The number of nitrogens with zero attached hydrogens (tertiary/aromatic N) is 2. The summed E-state index contributed by atoms with van der Waals surface area (Å²) in [5.41, 5.74) is 9.82. The molecule has 84 valence electrons. The van der Waals surface area contributed by atoms with Crippen LogP contribution in [-0.2, 0) is 19.0 Å². The number of rotatable bonds is 2. The van der Waals surface area contributed by atoms with Crippen LogP contribution in [0.2, 0.25) is 0 Å². The molecule has 0 bridgehead atoms. The third-order valence-electron chi connectivity index (χ3n) is 3.65. The van der Waals surface area contributed by atoms with Gasteiger partial charge in [0.05, 0.1) is 5.52 Å². The molecule has 1 aromatic heterocycles. The van der Waals surface area contributed by atoms with Crippen molar-refractivity contribution in [3.63, 3.8) is 0 Å². The number of hydrogen-bond acceptors (Lipinski definition) is 2. The smallest absolute Gasteiger partial charge is 0.0926 e. The van der Waals surface area contributed by atoms with Crippen molar-refractivity contribution in [1.82, 2.24) is 9.78 Å². The summed E-state index contributed by atoms with van der Waals surface area (Å²) in [5, 5.41) is 5.77. The van der Waals surface area contributed by atoms with Crippen LogP contribution in [0.15, 0.2) is 18.2 Å². The highest BCUT2D eigenvalue weighted by Crippen LogP contribution is 2.43. The summed E-state index contributed by atoms with van der Waals surface area (Å²) < 4.78 is 1.98. The van der Waals surface area contributed by atoms with Crippen molar-refractivity contribution in [2.45, 2.75) is 31.7 Å². The van der Waals surface area contributed by atoms with E-state index in [4.69, 9.17) is 5.73 Å². The van der Waals surface area contributed by atoms with Crippen molar-refractivity contribution in [3.8, 4) is 0 Å². The van der Waals surface area contributed by atoms with Crippen LogP contribution < -0.4 is 5.73 Å². The van der Waals surface area contributed by atoms with Crippen LogP contribution in [0, 0.1) is 0 Å². The van der Waals surface area contributed by atoms with Crippen LogP contribution in [0.1, 0.15) is 31.0 Å². The zero-order valence-electron chi connectivity index (χ0n) is 9.83. The Morgan fingerprint density at radius 1 is 1.44 bits per heavy atom. The Labute approximate surface area is 95.2 Å². The highest BCUT2D eigenvalue weighted by atomic mass is 15.3. The Hall–Kier alpha value is -1.35. The molecule has 3 heteroatoms. The summed E-state index contributed by atoms with van der Waals surface area (Å²) in [6.45, 7) is 2.17. The van der Waals surface area contributed by atoms with Gasteiger partial charge in [-0.2, -0.15) is 5.10 Å². The quantitative estimate of drug-likeness (QED) is 0.833. The van der Waals surface area contributed by atoms with E-state index in [9.17, 15) is 0 Å². The van der Waals surface area contributed by atoms with Crippen molar-refractivity contribution < 1.29 is 0 Å². The molecular formula is C13H17N3. The van der Waals surface area contributed by atoms with E-state index >= 15 is 0 Å². The number of benzene rings is 1. The van der Waals surface area contributed by atoms with Crippen molar-refractivity contribution in [1.29, 1.82) is 0 Å². The number of fused-ring (bicyclic) bond motifs is 1. The van der Waals surface area contributed by atoms with Gasteiger partial charge in [-0.05, 0) is 37.0 Å². The molecule has 1 heterocycles. The third kappa shape index (κ3) is 1.28. The highest BCUT2D eigenvalue weighted by Gasteiger charge is 2.40. The van der Waals surface area contributed by atoms with E-state index in [1.54, 1.807) is 0 Å². The van der Waals surface area contributed by atoms with Gasteiger partial charge in [-0.3, -0.25) is 4.68 Å². The van der Waals surface area contributed by atoms with Crippen LogP contribution in [0.25, 0.3) is 10.9 Å². The van der Waals surface area contributed by atoms with Gasteiger partial charge >= 0.3 is 0 Å². The monoisotopic (exact) mass is 215 g/mol. The first kappa shape index (κ1) is 9.85. The molecule has 1 aliphatic carbocycles. The molecule has 0 atom stereocenters. The number of aromatic nitrogens is 2. The van der Waals surface area contributed by atoms with Gasteiger partial charge in [0, 0.05) is 23.7 Å². The zero-order chi connectivity index (χ0) is 11.3. The van der Waals surface area contributed by atoms with E-state index in [1.807, 2.05) is 11.7 Å². The molecule has 3 rings (SSSR count). The molecule has 2 aromatic rings. The third-order valence-corrected chi connectivity index (χ3v) is 3.65. The molecule has 0 amide bonds. The second kappa shape index (κ2) is 3.08. The maximum Gasteiger partial charge on any atom is 0.0926 e. The number of nitrogens with two attached hydrogens (primary N) is 1. The van der Waals surface area contributed by atoms with Gasteiger partial charge in [-0.25, -0.2) is 0 Å². The number of hydrogen-bond donors (Lipinski definition) is 1. The fraction of sp³-hybridized carbons (Fsp3) is 0.462. The van der Waals surface area contributed by atoms with E-state index in [0.717, 1.165) is 24.8 Å². The predicted octanol–water partition coefficient (Wildman–Crippen LogP) is 2.08. The molecule has 0 radical (unpaired) electrons. The highest BCUT2D eigenvalue weighted by molar-refractivity contribution is 5.82. The lowest BCUT2D eigenvalue weighted by Crippen LogP contribution is -2.18. The van der Waals surface area contributed by atoms with Crippen LogP contribution in [0.4, 0.5) is 0 Å². The second-order valence-electron chi connectivity index (χ2n) is 4.81. The normalized spacial score (nSPS) is 17.9. The summed E-state index contributed by atoms with van der Waals surface area (Å²) in [5.74, 6) is 0. The van der Waals surface area contributed by atoms with Crippen LogP contribution in [-0.4, -0.2) is 9.78 Å². The molecule has 0 aliphatic heterocycles. The second-order valence-corrected chi connectivity index (χ2v) is 4.81. The largest absolute Gasteiger partial charge is 0.321 e. The molecule has 1 aromatic carbocycles. The molecule has 0 unspecified atom stereocenters. The van der Waals surface area contributed by atoms with Gasteiger partial charge in [-0.1, -0.05) is 13.0 Å². The van der Waals surface area contributed by atoms with E-state index < -0.39 is 0 Å². The molecule has 3 nitrogen and oxygen atoms in total. The first-order chi connectivity index (χ1) is 7.64. The summed E-state index contributed by atoms with van der Waals surface area (Å²) in [6.07, 6.45) is 3.23. The van der Waals surface area contributed by atoms with Gasteiger partial charge in [0.1, 0.15) is 0 Å². The molecule has 2 N–H and O–H groups in total. The predicted molar refractivity (Wildman–Crippen MR) is 65.2 cm³/mol. The Morgan fingerprint density at radius 2 is 2.19 bits per heavy atom. The fourth-order valence-corrected chi connectivity index (χ4v) is 2.40. The molecular weight excluding hydrogens is 198 g/mol. The lowest BCUT2D eigenvalue weighted by Gasteiger charge is -2.08. The Bertz CT molecular complexity index is 550. The van der Waals surface area contributed by atoms with Crippen LogP contribution in [0.5, 0.6) is 0 Å². The lowest BCUT2D eigenvalue weighted by atomic mass is 10.0. The summed E-state index contributed by atoms with van der Waals surface area (Å²) in [6, 6.07) is 6.45. The van der Waals surface area contributed by atoms with E-state index in [2.05, 4.69) is 30.2 Å². The summed E-state index contributed by atoms with van der Waals surface area (Å²) >= 11 is 0. The Balaban J connectivity index is 2.22. The van der Waals surface area contributed by atoms with E-state index in [1.165, 1.54) is 16.6 Å². The maximum atomic E-state index is 6.23. The molecule has 16 heavy (non-hydrogen) atoms. The van der Waals surface area contributed by atoms with Crippen molar-refractivity contribution in [2.75, 3.05) is 0 Å². The van der Waals surface area contributed by atoms with Gasteiger partial charge in [0.25, 0.3) is 0 Å².